The summed E-state index contributed by atoms with van der Waals surface area (Å²) in [4.78, 5) is 12.0. The molecule has 0 radical (unpaired) electrons. The minimum absolute atomic E-state index is 0.0227. The zero-order valence-corrected chi connectivity index (χ0v) is 14.3. The molecule has 0 aliphatic heterocycles. The number of hydrogen-bond acceptors (Lipinski definition) is 3. The molecular formula is C17H16ClF3N2O2. The predicted octanol–water partition coefficient (Wildman–Crippen LogP) is 4.73. The molecule has 0 saturated heterocycles. The number of nitrogens with one attached hydrogen (secondary N) is 2. The van der Waals surface area contributed by atoms with Gasteiger partial charge >= 0.3 is 6.18 Å². The smallest absolute Gasteiger partial charge is 0.416 e. The number of amides is 1. The largest absolute Gasteiger partial charge is 0.495 e. The van der Waals surface area contributed by atoms with E-state index >= 15 is 0 Å². The summed E-state index contributed by atoms with van der Waals surface area (Å²) in [6.45, 7) is 1.72. The first-order valence-electron chi connectivity index (χ1n) is 7.26. The van der Waals surface area contributed by atoms with E-state index in [9.17, 15) is 18.0 Å². The molecule has 0 bridgehead atoms. The van der Waals surface area contributed by atoms with Crippen LogP contribution in [0.4, 0.5) is 24.5 Å². The van der Waals surface area contributed by atoms with Gasteiger partial charge in [0.1, 0.15) is 5.75 Å². The summed E-state index contributed by atoms with van der Waals surface area (Å²) >= 11 is 5.85. The van der Waals surface area contributed by atoms with Crippen molar-refractivity contribution in [1.29, 1.82) is 0 Å². The zero-order valence-electron chi connectivity index (χ0n) is 13.5. The molecule has 0 spiro atoms. The number of anilines is 2. The summed E-state index contributed by atoms with van der Waals surface area (Å²) in [5.74, 6) is 0.0142. The van der Waals surface area contributed by atoms with E-state index in [-0.39, 0.29) is 17.3 Å². The number of alkyl halides is 3. The van der Waals surface area contributed by atoms with E-state index in [2.05, 4.69) is 10.6 Å². The summed E-state index contributed by atoms with van der Waals surface area (Å²) in [5.41, 5.74) is 0.581. The second-order valence-electron chi connectivity index (χ2n) is 5.30. The minimum atomic E-state index is -4.52. The second kappa shape index (κ2) is 7.65. The highest BCUT2D eigenvalue weighted by Gasteiger charge is 2.31. The van der Waals surface area contributed by atoms with E-state index in [1.807, 2.05) is 13.0 Å². The topological polar surface area (TPSA) is 50.4 Å². The lowest BCUT2D eigenvalue weighted by Crippen LogP contribution is -2.22. The summed E-state index contributed by atoms with van der Waals surface area (Å²) in [6.07, 6.45) is -4.52. The van der Waals surface area contributed by atoms with Crippen molar-refractivity contribution < 1.29 is 22.7 Å². The Balaban J connectivity index is 2.07. The third-order valence-corrected chi connectivity index (χ3v) is 3.69. The fourth-order valence-electron chi connectivity index (χ4n) is 2.13. The lowest BCUT2D eigenvalue weighted by molar-refractivity contribution is -0.137. The maximum absolute atomic E-state index is 12.7. The highest BCUT2D eigenvalue weighted by Crippen LogP contribution is 2.33. The van der Waals surface area contributed by atoms with Crippen LogP contribution in [0.1, 0.15) is 11.1 Å². The highest BCUT2D eigenvalue weighted by atomic mass is 35.5. The van der Waals surface area contributed by atoms with Gasteiger partial charge in [-0.05, 0) is 42.8 Å². The van der Waals surface area contributed by atoms with Crippen molar-refractivity contribution in [3.63, 3.8) is 0 Å². The van der Waals surface area contributed by atoms with Crippen LogP contribution >= 0.6 is 11.6 Å². The summed E-state index contributed by atoms with van der Waals surface area (Å²) in [5, 5.41) is 5.28. The predicted molar refractivity (Wildman–Crippen MR) is 91.3 cm³/mol. The molecular weight excluding hydrogens is 357 g/mol. The molecule has 2 rings (SSSR count). The van der Waals surface area contributed by atoms with E-state index in [0.29, 0.717) is 11.4 Å². The van der Waals surface area contributed by atoms with E-state index in [1.54, 1.807) is 12.1 Å². The van der Waals surface area contributed by atoms with Crippen molar-refractivity contribution in [2.24, 2.45) is 0 Å². The molecule has 2 aromatic carbocycles. The van der Waals surface area contributed by atoms with Crippen LogP contribution in [-0.2, 0) is 11.0 Å². The Morgan fingerprint density at radius 2 is 1.88 bits per heavy atom. The number of aryl methyl sites for hydroxylation is 1. The van der Waals surface area contributed by atoms with Crippen LogP contribution in [0, 0.1) is 6.92 Å². The molecule has 0 saturated carbocycles. The molecule has 8 heteroatoms. The molecule has 0 aliphatic carbocycles. The van der Waals surface area contributed by atoms with Gasteiger partial charge in [-0.25, -0.2) is 0 Å². The standard InChI is InChI=1S/C17H16ClF3N2O2/c1-10-3-6-15(25-2)14(7-10)22-9-16(24)23-13-8-11(17(19,20)21)4-5-12(13)18/h3-8,22H,9H2,1-2H3,(H,23,24). The molecule has 0 atom stereocenters. The van der Waals surface area contributed by atoms with E-state index in [0.717, 1.165) is 23.8 Å². The zero-order chi connectivity index (χ0) is 18.6. The van der Waals surface area contributed by atoms with Crippen molar-refractivity contribution in [3.8, 4) is 5.75 Å². The van der Waals surface area contributed by atoms with Crippen molar-refractivity contribution in [1.82, 2.24) is 0 Å². The number of halogens is 4. The number of ether oxygens (including phenoxy) is 1. The molecule has 1 amide bonds. The van der Waals surface area contributed by atoms with Gasteiger partial charge < -0.3 is 15.4 Å². The van der Waals surface area contributed by atoms with E-state index < -0.39 is 17.6 Å². The van der Waals surface area contributed by atoms with Gasteiger partial charge in [0.15, 0.2) is 0 Å². The Labute approximate surface area is 147 Å². The van der Waals surface area contributed by atoms with Crippen LogP contribution in [-0.4, -0.2) is 19.6 Å². The van der Waals surface area contributed by atoms with Gasteiger partial charge in [-0.15, -0.1) is 0 Å². The number of carbonyl (C=O) groups excluding carboxylic acids is 1. The van der Waals surface area contributed by atoms with Gasteiger partial charge in [-0.2, -0.15) is 13.2 Å². The molecule has 0 fully saturated rings. The third kappa shape index (κ3) is 5.03. The molecule has 2 N–H and O–H groups in total. The van der Waals surface area contributed by atoms with Crippen LogP contribution < -0.4 is 15.4 Å². The van der Waals surface area contributed by atoms with Gasteiger partial charge in [-0.1, -0.05) is 17.7 Å². The first-order chi connectivity index (χ1) is 11.7. The van der Waals surface area contributed by atoms with Gasteiger partial charge in [0, 0.05) is 0 Å². The van der Waals surface area contributed by atoms with Crippen molar-refractivity contribution >= 4 is 28.9 Å². The maximum atomic E-state index is 12.7. The van der Waals surface area contributed by atoms with Crippen LogP contribution in [0.3, 0.4) is 0 Å². The fraction of sp³-hybridized carbons (Fsp3) is 0.235. The Kier molecular flexibility index (Phi) is 5.79. The van der Waals surface area contributed by atoms with Crippen LogP contribution in [0.2, 0.25) is 5.02 Å². The van der Waals surface area contributed by atoms with Crippen LogP contribution in [0.25, 0.3) is 0 Å². The highest BCUT2D eigenvalue weighted by molar-refractivity contribution is 6.33. The molecule has 0 aliphatic rings. The van der Waals surface area contributed by atoms with Crippen LogP contribution in [0.15, 0.2) is 36.4 Å². The second-order valence-corrected chi connectivity index (χ2v) is 5.71. The Morgan fingerprint density at radius 3 is 2.52 bits per heavy atom. The average Bonchev–Trinajstić information content (AvgIpc) is 2.54. The molecule has 2 aromatic rings. The quantitative estimate of drug-likeness (QED) is 0.798. The lowest BCUT2D eigenvalue weighted by atomic mass is 10.2. The van der Waals surface area contributed by atoms with Crippen LogP contribution in [0.5, 0.6) is 5.75 Å². The minimum Gasteiger partial charge on any atom is -0.495 e. The molecule has 134 valence electrons. The molecule has 25 heavy (non-hydrogen) atoms. The fourth-order valence-corrected chi connectivity index (χ4v) is 2.29. The molecule has 0 unspecified atom stereocenters. The lowest BCUT2D eigenvalue weighted by Gasteiger charge is -2.14. The molecule has 0 heterocycles. The molecule has 4 nitrogen and oxygen atoms in total. The Bertz CT molecular complexity index is 779. The van der Waals surface area contributed by atoms with E-state index in [4.69, 9.17) is 16.3 Å². The van der Waals surface area contributed by atoms with E-state index in [1.165, 1.54) is 7.11 Å². The monoisotopic (exact) mass is 372 g/mol. The number of benzene rings is 2. The third-order valence-electron chi connectivity index (χ3n) is 3.36. The van der Waals surface area contributed by atoms with Crippen molar-refractivity contribution in [3.05, 3.63) is 52.5 Å². The van der Waals surface area contributed by atoms with Gasteiger partial charge in [0.25, 0.3) is 0 Å². The SMILES string of the molecule is COc1ccc(C)cc1NCC(=O)Nc1cc(C(F)(F)F)ccc1Cl. The number of methoxy groups -OCH3 is 1. The average molecular weight is 373 g/mol. The number of rotatable bonds is 5. The van der Waals surface area contributed by atoms with Crippen molar-refractivity contribution in [2.45, 2.75) is 13.1 Å². The Morgan fingerprint density at radius 1 is 1.16 bits per heavy atom. The first kappa shape index (κ1) is 18.9. The maximum Gasteiger partial charge on any atom is 0.416 e. The number of carbonyl (C=O) groups is 1. The normalized spacial score (nSPS) is 11.1. The van der Waals surface area contributed by atoms with Gasteiger partial charge in [0.05, 0.1) is 35.6 Å². The summed E-state index contributed by atoms with van der Waals surface area (Å²) < 4.78 is 43.4. The Hall–Kier alpha value is -2.41. The van der Waals surface area contributed by atoms with Gasteiger partial charge in [-0.3, -0.25) is 4.79 Å². The number of hydrogen-bond donors (Lipinski definition) is 2. The van der Waals surface area contributed by atoms with Gasteiger partial charge in [0.2, 0.25) is 5.91 Å². The van der Waals surface area contributed by atoms with Crippen molar-refractivity contribution in [2.75, 3.05) is 24.3 Å². The summed E-state index contributed by atoms with van der Waals surface area (Å²) in [6, 6.07) is 8.15. The summed E-state index contributed by atoms with van der Waals surface area (Å²) in [7, 11) is 1.50. The molecule has 0 aromatic heterocycles. The first-order valence-corrected chi connectivity index (χ1v) is 7.63.